The third kappa shape index (κ3) is 8.91. The van der Waals surface area contributed by atoms with Crippen LogP contribution in [-0.2, 0) is 25.6 Å². The van der Waals surface area contributed by atoms with Gasteiger partial charge in [0.15, 0.2) is 0 Å². The molecule has 2 rings (SSSR count). The summed E-state index contributed by atoms with van der Waals surface area (Å²) in [6.07, 6.45) is 3.60. The van der Waals surface area contributed by atoms with Crippen LogP contribution in [0.5, 0.6) is 0 Å². The fourth-order valence-corrected chi connectivity index (χ4v) is 4.44. The summed E-state index contributed by atoms with van der Waals surface area (Å²) in [6, 6.07) is 5.55. The van der Waals surface area contributed by atoms with Gasteiger partial charge in [0.2, 0.25) is 17.7 Å². The Labute approximate surface area is 213 Å². The zero-order chi connectivity index (χ0) is 26.7. The summed E-state index contributed by atoms with van der Waals surface area (Å²) in [5, 5.41) is 15.0. The van der Waals surface area contributed by atoms with Crippen molar-refractivity contribution in [1.82, 2.24) is 15.5 Å². The zero-order valence-electron chi connectivity index (χ0n) is 21.3. The molecule has 1 aliphatic heterocycles. The van der Waals surface area contributed by atoms with E-state index in [0.717, 1.165) is 18.4 Å². The molecule has 0 spiro atoms. The van der Waals surface area contributed by atoms with Crippen molar-refractivity contribution in [3.63, 3.8) is 0 Å². The normalized spacial score (nSPS) is 17.9. The molecule has 0 aromatic heterocycles. The van der Waals surface area contributed by atoms with Crippen molar-refractivity contribution in [2.75, 3.05) is 13.1 Å². The van der Waals surface area contributed by atoms with E-state index in [9.17, 15) is 24.3 Å². The maximum Gasteiger partial charge on any atom is 0.326 e. The number of carbonyl (C=O) groups excluding carboxylic acids is 3. The predicted molar refractivity (Wildman–Crippen MR) is 137 cm³/mol. The van der Waals surface area contributed by atoms with Gasteiger partial charge in [-0.3, -0.25) is 14.4 Å². The van der Waals surface area contributed by atoms with Gasteiger partial charge in [-0.1, -0.05) is 50.6 Å². The summed E-state index contributed by atoms with van der Waals surface area (Å²) in [5.41, 5.74) is 12.4. The molecule has 200 valence electrons. The highest BCUT2D eigenvalue weighted by atomic mass is 16.4. The van der Waals surface area contributed by atoms with Gasteiger partial charge in [-0.2, -0.15) is 0 Å². The van der Waals surface area contributed by atoms with E-state index in [1.165, 1.54) is 4.90 Å². The lowest BCUT2D eigenvalue weighted by Crippen LogP contribution is -2.57. The predicted octanol–water partition coefficient (Wildman–Crippen LogP) is 0.777. The molecule has 1 aromatic carbocycles. The molecule has 1 heterocycles. The molecule has 1 aliphatic rings. The number of carboxylic acid groups (broad SMARTS) is 1. The highest BCUT2D eigenvalue weighted by molar-refractivity contribution is 5.94. The topological polar surface area (TPSA) is 168 Å². The fourth-order valence-electron chi connectivity index (χ4n) is 4.44. The third-order valence-corrected chi connectivity index (χ3v) is 6.36. The van der Waals surface area contributed by atoms with Gasteiger partial charge in [0.1, 0.15) is 18.1 Å². The molecular weight excluding hydrogens is 462 g/mol. The number of carboxylic acids is 1. The van der Waals surface area contributed by atoms with E-state index in [-0.39, 0.29) is 18.2 Å². The first-order chi connectivity index (χ1) is 17.1. The summed E-state index contributed by atoms with van der Waals surface area (Å²) >= 11 is 0. The van der Waals surface area contributed by atoms with E-state index in [2.05, 4.69) is 10.6 Å². The molecule has 0 bridgehead atoms. The second-order valence-corrected chi connectivity index (χ2v) is 9.86. The minimum atomic E-state index is -1.15. The Morgan fingerprint density at radius 1 is 1.08 bits per heavy atom. The highest BCUT2D eigenvalue weighted by Crippen LogP contribution is 2.20. The molecule has 1 saturated heterocycles. The van der Waals surface area contributed by atoms with Crippen molar-refractivity contribution >= 4 is 23.7 Å². The van der Waals surface area contributed by atoms with Crippen LogP contribution in [0.4, 0.5) is 0 Å². The Balaban J connectivity index is 2.07. The van der Waals surface area contributed by atoms with Crippen LogP contribution < -0.4 is 22.1 Å². The number of aliphatic carboxylic acids is 1. The van der Waals surface area contributed by atoms with Crippen molar-refractivity contribution < 1.29 is 24.3 Å². The van der Waals surface area contributed by atoms with Gasteiger partial charge in [0, 0.05) is 13.0 Å². The Morgan fingerprint density at radius 3 is 2.39 bits per heavy atom. The van der Waals surface area contributed by atoms with Crippen LogP contribution in [-0.4, -0.2) is 71.0 Å². The van der Waals surface area contributed by atoms with E-state index < -0.39 is 42.0 Å². The molecule has 0 saturated carbocycles. The number of amides is 3. The molecule has 1 aromatic rings. The summed E-state index contributed by atoms with van der Waals surface area (Å²) < 4.78 is 0. The van der Waals surface area contributed by atoms with Crippen molar-refractivity contribution in [2.24, 2.45) is 17.4 Å². The van der Waals surface area contributed by atoms with Gasteiger partial charge in [-0.05, 0) is 50.1 Å². The summed E-state index contributed by atoms with van der Waals surface area (Å²) in [4.78, 5) is 52.5. The van der Waals surface area contributed by atoms with E-state index in [1.54, 1.807) is 24.3 Å². The van der Waals surface area contributed by atoms with Crippen LogP contribution in [0.25, 0.3) is 0 Å². The highest BCUT2D eigenvalue weighted by Gasteiger charge is 2.38. The molecular formula is C26H41N5O5. The van der Waals surface area contributed by atoms with Gasteiger partial charge in [-0.25, -0.2) is 4.79 Å². The van der Waals surface area contributed by atoms with E-state index >= 15 is 0 Å². The fraction of sp³-hybridized carbons (Fsp3) is 0.615. The first kappa shape index (κ1) is 29.3. The Morgan fingerprint density at radius 2 is 1.78 bits per heavy atom. The van der Waals surface area contributed by atoms with E-state index in [4.69, 9.17) is 11.5 Å². The first-order valence-corrected chi connectivity index (χ1v) is 12.8. The lowest BCUT2D eigenvalue weighted by atomic mass is 10.0. The van der Waals surface area contributed by atoms with Crippen LogP contribution >= 0.6 is 0 Å². The SMILES string of the molecule is CC(C)CC(NC(=O)C1CCCN1C(=O)C(N)CCCCN)C(=O)NC(Cc1ccccc1)C(=O)O. The number of nitrogens with zero attached hydrogens (tertiary/aromatic N) is 1. The Hall–Kier alpha value is -2.98. The van der Waals surface area contributed by atoms with Crippen LogP contribution in [0.1, 0.15) is 57.9 Å². The number of carbonyl (C=O) groups is 4. The summed E-state index contributed by atoms with van der Waals surface area (Å²) in [6.45, 7) is 4.79. The maximum absolute atomic E-state index is 13.2. The van der Waals surface area contributed by atoms with Crippen molar-refractivity contribution in [2.45, 2.75) is 83.0 Å². The number of unbranched alkanes of at least 4 members (excludes halogenated alkanes) is 1. The number of hydrogen-bond donors (Lipinski definition) is 5. The van der Waals surface area contributed by atoms with Gasteiger partial charge in [0.25, 0.3) is 0 Å². The monoisotopic (exact) mass is 503 g/mol. The van der Waals surface area contributed by atoms with Crippen molar-refractivity contribution in [3.8, 4) is 0 Å². The van der Waals surface area contributed by atoms with E-state index in [1.807, 2.05) is 19.9 Å². The standard InChI is InChI=1S/C26H41N5O5/c1-17(2)15-20(23(32)30-21(26(35)36)16-18-9-4-3-5-10-18)29-24(33)22-12-8-14-31(22)25(34)19(28)11-6-7-13-27/h3-5,9-10,17,19-22H,6-8,11-16,27-28H2,1-2H3,(H,29,33)(H,30,32)(H,35,36). The second kappa shape index (κ2) is 14.5. The Bertz CT molecular complexity index is 879. The molecule has 0 radical (unpaired) electrons. The number of hydrogen-bond acceptors (Lipinski definition) is 6. The third-order valence-electron chi connectivity index (χ3n) is 6.36. The van der Waals surface area contributed by atoms with Gasteiger partial charge >= 0.3 is 5.97 Å². The minimum Gasteiger partial charge on any atom is -0.480 e. The van der Waals surface area contributed by atoms with Gasteiger partial charge < -0.3 is 32.1 Å². The van der Waals surface area contributed by atoms with Crippen LogP contribution in [0.15, 0.2) is 30.3 Å². The van der Waals surface area contributed by atoms with Crippen molar-refractivity contribution in [3.05, 3.63) is 35.9 Å². The van der Waals surface area contributed by atoms with Crippen molar-refractivity contribution in [1.29, 1.82) is 0 Å². The van der Waals surface area contributed by atoms with Crippen LogP contribution in [0.3, 0.4) is 0 Å². The summed E-state index contributed by atoms with van der Waals surface area (Å²) in [5.74, 6) is -2.35. The zero-order valence-corrected chi connectivity index (χ0v) is 21.3. The smallest absolute Gasteiger partial charge is 0.326 e. The quantitative estimate of drug-likeness (QED) is 0.234. The van der Waals surface area contributed by atoms with Gasteiger partial charge in [-0.15, -0.1) is 0 Å². The van der Waals surface area contributed by atoms with Gasteiger partial charge in [0.05, 0.1) is 6.04 Å². The lowest BCUT2D eigenvalue weighted by Gasteiger charge is -2.29. The molecule has 4 unspecified atom stereocenters. The largest absolute Gasteiger partial charge is 0.480 e. The molecule has 10 nitrogen and oxygen atoms in total. The molecule has 1 fully saturated rings. The summed E-state index contributed by atoms with van der Waals surface area (Å²) in [7, 11) is 0. The van der Waals surface area contributed by atoms with Crippen LogP contribution in [0, 0.1) is 5.92 Å². The number of nitrogens with two attached hydrogens (primary N) is 2. The Kier molecular flexibility index (Phi) is 11.8. The van der Waals surface area contributed by atoms with Crippen LogP contribution in [0.2, 0.25) is 0 Å². The van der Waals surface area contributed by atoms with E-state index in [0.29, 0.717) is 38.8 Å². The number of rotatable bonds is 14. The average Bonchev–Trinajstić information content (AvgIpc) is 3.33. The first-order valence-electron chi connectivity index (χ1n) is 12.8. The number of nitrogens with one attached hydrogen (secondary N) is 2. The maximum atomic E-state index is 13.2. The molecule has 0 aliphatic carbocycles. The average molecular weight is 504 g/mol. The number of benzene rings is 1. The lowest BCUT2D eigenvalue weighted by molar-refractivity contribution is -0.143. The molecule has 7 N–H and O–H groups in total. The second-order valence-electron chi connectivity index (χ2n) is 9.86. The minimum absolute atomic E-state index is 0.0655. The molecule has 10 heteroatoms. The molecule has 36 heavy (non-hydrogen) atoms. The molecule has 4 atom stereocenters. The molecule has 3 amide bonds. The number of likely N-dealkylation sites (tertiary alicyclic amines) is 1.